The van der Waals surface area contributed by atoms with Gasteiger partial charge in [0.1, 0.15) is 0 Å². The minimum absolute atomic E-state index is 0.0728. The Bertz CT molecular complexity index is 477. The van der Waals surface area contributed by atoms with Crippen molar-refractivity contribution >= 4 is 33.9 Å². The van der Waals surface area contributed by atoms with Gasteiger partial charge in [-0.3, -0.25) is 9.20 Å². The van der Waals surface area contributed by atoms with E-state index >= 15 is 0 Å². The lowest BCUT2D eigenvalue weighted by Crippen LogP contribution is -1.99. The van der Waals surface area contributed by atoms with E-state index in [1.54, 1.807) is 0 Å². The predicted octanol–water partition coefficient (Wildman–Crippen LogP) is 2.07. The summed E-state index contributed by atoms with van der Waals surface area (Å²) in [5, 5.41) is 10.8. The van der Waals surface area contributed by atoms with Crippen LogP contribution in [0, 0.1) is 0 Å². The average molecular weight is 231 g/mol. The van der Waals surface area contributed by atoms with Crippen LogP contribution in [-0.4, -0.2) is 20.5 Å². The Kier molecular flexibility index (Phi) is 2.43. The minimum atomic E-state index is -0.828. The topological polar surface area (TPSA) is 54.6 Å². The number of imidazole rings is 1. The molecule has 0 saturated heterocycles. The van der Waals surface area contributed by atoms with E-state index in [0.717, 1.165) is 10.7 Å². The second-order valence-electron chi connectivity index (χ2n) is 2.80. The molecule has 0 bridgehead atoms. The van der Waals surface area contributed by atoms with Crippen molar-refractivity contribution in [1.29, 1.82) is 0 Å². The van der Waals surface area contributed by atoms with Gasteiger partial charge in [-0.25, -0.2) is 4.98 Å². The number of carboxylic acid groups (broad SMARTS) is 1. The van der Waals surface area contributed by atoms with Crippen LogP contribution in [0.25, 0.3) is 4.96 Å². The van der Waals surface area contributed by atoms with Crippen LogP contribution in [-0.2, 0) is 11.2 Å². The molecular formula is C8H7ClN2O2S. The number of hydrogen-bond donors (Lipinski definition) is 1. The first-order chi connectivity index (χ1) is 6.68. The standard InChI is InChI=1S/C8H7ClN2O2S/c9-7-5(1-2-6(12)13)11-3-4-14-8(11)10-7/h3-4H,1-2H2,(H,12,13). The Hall–Kier alpha value is -1.07. The number of thiazole rings is 1. The van der Waals surface area contributed by atoms with Crippen LogP contribution in [0.2, 0.25) is 5.15 Å². The summed E-state index contributed by atoms with van der Waals surface area (Å²) in [5.41, 5.74) is 0.769. The van der Waals surface area contributed by atoms with Gasteiger partial charge in [0.05, 0.1) is 12.1 Å². The third-order valence-electron chi connectivity index (χ3n) is 1.89. The normalized spacial score (nSPS) is 10.9. The lowest BCUT2D eigenvalue weighted by molar-refractivity contribution is -0.136. The Morgan fingerprint density at radius 3 is 3.21 bits per heavy atom. The SMILES string of the molecule is O=C(O)CCc1c(Cl)nc2sccn12. The predicted molar refractivity (Wildman–Crippen MR) is 54.0 cm³/mol. The highest BCUT2D eigenvalue weighted by atomic mass is 35.5. The first kappa shape index (κ1) is 9.48. The van der Waals surface area contributed by atoms with E-state index in [1.165, 1.54) is 11.3 Å². The van der Waals surface area contributed by atoms with Gasteiger partial charge in [-0.05, 0) is 0 Å². The van der Waals surface area contributed by atoms with Crippen LogP contribution in [0.3, 0.4) is 0 Å². The summed E-state index contributed by atoms with van der Waals surface area (Å²) < 4.78 is 1.83. The van der Waals surface area contributed by atoms with Crippen molar-refractivity contribution < 1.29 is 9.90 Å². The average Bonchev–Trinajstić information content (AvgIpc) is 2.61. The second kappa shape index (κ2) is 3.59. The zero-order chi connectivity index (χ0) is 10.1. The minimum Gasteiger partial charge on any atom is -0.481 e. The maximum Gasteiger partial charge on any atom is 0.303 e. The Morgan fingerprint density at radius 2 is 2.50 bits per heavy atom. The lowest BCUT2D eigenvalue weighted by atomic mass is 10.2. The van der Waals surface area contributed by atoms with E-state index in [-0.39, 0.29) is 6.42 Å². The molecule has 1 N–H and O–H groups in total. The number of carbonyl (C=O) groups is 1. The van der Waals surface area contributed by atoms with Gasteiger partial charge in [-0.15, -0.1) is 11.3 Å². The molecule has 2 heterocycles. The van der Waals surface area contributed by atoms with Crippen LogP contribution in [0.1, 0.15) is 12.1 Å². The Labute approximate surface area is 88.8 Å². The summed E-state index contributed by atoms with van der Waals surface area (Å²) in [7, 11) is 0. The molecule has 0 saturated carbocycles. The van der Waals surface area contributed by atoms with Crippen molar-refractivity contribution in [3.63, 3.8) is 0 Å². The maximum atomic E-state index is 10.4. The first-order valence-electron chi connectivity index (χ1n) is 4.00. The molecule has 4 nitrogen and oxygen atoms in total. The molecule has 0 fully saturated rings. The monoisotopic (exact) mass is 230 g/mol. The molecule has 0 radical (unpaired) electrons. The summed E-state index contributed by atoms with van der Waals surface area (Å²) in [4.78, 5) is 15.3. The summed E-state index contributed by atoms with van der Waals surface area (Å²) >= 11 is 7.35. The highest BCUT2D eigenvalue weighted by molar-refractivity contribution is 7.15. The van der Waals surface area contributed by atoms with Gasteiger partial charge in [0, 0.05) is 18.0 Å². The van der Waals surface area contributed by atoms with Crippen LogP contribution in [0.15, 0.2) is 11.6 Å². The van der Waals surface area contributed by atoms with E-state index in [2.05, 4.69) is 4.98 Å². The molecule has 2 rings (SSSR count). The van der Waals surface area contributed by atoms with Crippen molar-refractivity contribution in [2.24, 2.45) is 0 Å². The highest BCUT2D eigenvalue weighted by Gasteiger charge is 2.11. The third kappa shape index (κ3) is 1.60. The molecule has 0 unspecified atom stereocenters. The van der Waals surface area contributed by atoms with Crippen LogP contribution < -0.4 is 0 Å². The van der Waals surface area contributed by atoms with Gasteiger partial charge in [-0.1, -0.05) is 11.6 Å². The molecule has 74 valence electrons. The molecule has 0 aromatic carbocycles. The van der Waals surface area contributed by atoms with Gasteiger partial charge in [0.2, 0.25) is 0 Å². The fraction of sp³-hybridized carbons (Fsp3) is 0.250. The van der Waals surface area contributed by atoms with E-state index < -0.39 is 5.97 Å². The van der Waals surface area contributed by atoms with Crippen LogP contribution in [0.4, 0.5) is 0 Å². The van der Waals surface area contributed by atoms with Gasteiger partial charge < -0.3 is 5.11 Å². The third-order valence-corrected chi connectivity index (χ3v) is 2.95. The van der Waals surface area contributed by atoms with E-state index in [4.69, 9.17) is 16.7 Å². The fourth-order valence-corrected chi connectivity index (χ4v) is 2.30. The van der Waals surface area contributed by atoms with Gasteiger partial charge in [0.15, 0.2) is 10.1 Å². The van der Waals surface area contributed by atoms with E-state index in [1.807, 2.05) is 16.0 Å². The number of aryl methyl sites for hydroxylation is 1. The van der Waals surface area contributed by atoms with Crippen LogP contribution >= 0.6 is 22.9 Å². The zero-order valence-electron chi connectivity index (χ0n) is 7.11. The highest BCUT2D eigenvalue weighted by Crippen LogP contribution is 2.22. The number of hydrogen-bond acceptors (Lipinski definition) is 3. The smallest absolute Gasteiger partial charge is 0.303 e. The van der Waals surface area contributed by atoms with E-state index in [0.29, 0.717) is 11.6 Å². The molecule has 0 atom stereocenters. The van der Waals surface area contributed by atoms with Crippen molar-refractivity contribution in [3.8, 4) is 0 Å². The Balaban J connectivity index is 2.34. The van der Waals surface area contributed by atoms with Gasteiger partial charge in [0.25, 0.3) is 0 Å². The number of carboxylic acids is 1. The quantitative estimate of drug-likeness (QED) is 0.878. The van der Waals surface area contributed by atoms with Gasteiger partial charge >= 0.3 is 5.97 Å². The molecule has 0 amide bonds. The fourth-order valence-electron chi connectivity index (χ4n) is 1.26. The Morgan fingerprint density at radius 1 is 1.71 bits per heavy atom. The number of fused-ring (bicyclic) bond motifs is 1. The van der Waals surface area contributed by atoms with Crippen molar-refractivity contribution in [2.45, 2.75) is 12.8 Å². The van der Waals surface area contributed by atoms with Crippen molar-refractivity contribution in [2.75, 3.05) is 0 Å². The zero-order valence-corrected chi connectivity index (χ0v) is 8.68. The lowest BCUT2D eigenvalue weighted by Gasteiger charge is -1.96. The largest absolute Gasteiger partial charge is 0.481 e. The summed E-state index contributed by atoms with van der Waals surface area (Å²) in [6.45, 7) is 0. The molecule has 0 aliphatic rings. The van der Waals surface area contributed by atoms with Crippen molar-refractivity contribution in [3.05, 3.63) is 22.4 Å². The van der Waals surface area contributed by atoms with Crippen molar-refractivity contribution in [1.82, 2.24) is 9.38 Å². The molecule has 0 aliphatic carbocycles. The number of nitrogens with zero attached hydrogens (tertiary/aromatic N) is 2. The van der Waals surface area contributed by atoms with Gasteiger partial charge in [-0.2, -0.15) is 0 Å². The molecule has 14 heavy (non-hydrogen) atoms. The summed E-state index contributed by atoms with van der Waals surface area (Å²) in [5.74, 6) is -0.828. The number of aromatic nitrogens is 2. The second-order valence-corrected chi connectivity index (χ2v) is 4.03. The summed E-state index contributed by atoms with van der Waals surface area (Å²) in [6.07, 6.45) is 2.32. The van der Waals surface area contributed by atoms with E-state index in [9.17, 15) is 4.79 Å². The maximum absolute atomic E-state index is 10.4. The molecule has 2 aromatic rings. The number of aliphatic carboxylic acids is 1. The summed E-state index contributed by atoms with van der Waals surface area (Å²) in [6, 6.07) is 0. The number of rotatable bonds is 3. The molecular weight excluding hydrogens is 224 g/mol. The molecule has 0 aliphatic heterocycles. The first-order valence-corrected chi connectivity index (χ1v) is 5.26. The molecule has 2 aromatic heterocycles. The number of halogens is 1. The molecule has 0 spiro atoms. The van der Waals surface area contributed by atoms with Crippen LogP contribution in [0.5, 0.6) is 0 Å². The molecule has 6 heteroatoms.